The standard InChI is InChI=1S/C55H34N4O/c1-4-16-35(17-5-1)55-56-46-26-11-13-28-49(46)59(55)50-29-15-25-44-43-24-14-23-39(53(43)60-54(44)50)36-30-33-48-45(34-36)42-32-31-41-40-22-10-12-27-47(40)57(37-18-6-2-7-19-37)51(41)52(42)58(48)38-20-8-3-9-21-38/h1-34H. The van der Waals surface area contributed by atoms with E-state index in [0.717, 1.165) is 78.1 Å². The van der Waals surface area contributed by atoms with Crippen molar-refractivity contribution in [3.8, 4) is 39.6 Å². The van der Waals surface area contributed by atoms with E-state index in [1.165, 1.54) is 38.1 Å². The van der Waals surface area contributed by atoms with E-state index in [0.29, 0.717) is 0 Å². The van der Waals surface area contributed by atoms with Gasteiger partial charge in [0.15, 0.2) is 5.58 Å². The van der Waals surface area contributed by atoms with Crippen LogP contribution in [0.15, 0.2) is 211 Å². The molecule has 60 heavy (non-hydrogen) atoms. The lowest BCUT2D eigenvalue weighted by molar-refractivity contribution is 0.667. The van der Waals surface area contributed by atoms with Gasteiger partial charge in [-0.3, -0.25) is 4.57 Å². The van der Waals surface area contributed by atoms with Crippen LogP contribution in [0.3, 0.4) is 0 Å². The predicted octanol–water partition coefficient (Wildman–Crippen LogP) is 14.5. The molecule has 9 aromatic carbocycles. The quantitative estimate of drug-likeness (QED) is 0.175. The third kappa shape index (κ3) is 4.66. The maximum absolute atomic E-state index is 7.11. The first kappa shape index (κ1) is 32.9. The summed E-state index contributed by atoms with van der Waals surface area (Å²) in [5, 5.41) is 6.99. The molecule has 0 aliphatic rings. The molecule has 280 valence electrons. The Hall–Kier alpha value is -8.15. The molecule has 0 spiro atoms. The van der Waals surface area contributed by atoms with Gasteiger partial charge in [0.2, 0.25) is 0 Å². The van der Waals surface area contributed by atoms with Gasteiger partial charge < -0.3 is 13.6 Å². The van der Waals surface area contributed by atoms with Crippen molar-refractivity contribution in [3.05, 3.63) is 206 Å². The van der Waals surface area contributed by atoms with Gasteiger partial charge in [0.25, 0.3) is 0 Å². The number of hydrogen-bond acceptors (Lipinski definition) is 2. The molecule has 0 aliphatic carbocycles. The van der Waals surface area contributed by atoms with Gasteiger partial charge in [0, 0.05) is 54.8 Å². The second-order valence-electron chi connectivity index (χ2n) is 15.5. The summed E-state index contributed by atoms with van der Waals surface area (Å²) in [6.45, 7) is 0. The highest BCUT2D eigenvalue weighted by atomic mass is 16.3. The number of hydrogen-bond donors (Lipinski definition) is 0. The summed E-state index contributed by atoms with van der Waals surface area (Å²) in [4.78, 5) is 5.13. The molecule has 0 bridgehead atoms. The highest BCUT2D eigenvalue weighted by Crippen LogP contribution is 2.45. The molecule has 13 rings (SSSR count). The van der Waals surface area contributed by atoms with Crippen molar-refractivity contribution < 1.29 is 4.42 Å². The minimum Gasteiger partial charge on any atom is -0.453 e. The highest BCUT2D eigenvalue weighted by molar-refractivity contribution is 6.24. The number of rotatable bonds is 5. The van der Waals surface area contributed by atoms with E-state index in [9.17, 15) is 0 Å². The summed E-state index contributed by atoms with van der Waals surface area (Å²) >= 11 is 0. The monoisotopic (exact) mass is 766 g/mol. The van der Waals surface area contributed by atoms with Crippen LogP contribution in [0.4, 0.5) is 0 Å². The van der Waals surface area contributed by atoms with Crippen LogP contribution >= 0.6 is 0 Å². The Morgan fingerprint density at radius 2 is 0.917 bits per heavy atom. The Bertz CT molecular complexity index is 3810. The lowest BCUT2D eigenvalue weighted by Gasteiger charge is -2.12. The average molecular weight is 767 g/mol. The van der Waals surface area contributed by atoms with Crippen LogP contribution in [0.5, 0.6) is 0 Å². The molecule has 4 aromatic heterocycles. The molecule has 4 heterocycles. The largest absolute Gasteiger partial charge is 0.453 e. The average Bonchev–Trinajstić information content (AvgIpc) is 4.07. The fourth-order valence-corrected chi connectivity index (χ4v) is 9.67. The van der Waals surface area contributed by atoms with Crippen molar-refractivity contribution in [2.45, 2.75) is 0 Å². The van der Waals surface area contributed by atoms with Crippen molar-refractivity contribution in [2.75, 3.05) is 0 Å². The Morgan fingerprint density at radius 3 is 1.65 bits per heavy atom. The Labute approximate surface area is 344 Å². The van der Waals surface area contributed by atoms with Crippen LogP contribution in [-0.2, 0) is 0 Å². The maximum atomic E-state index is 7.11. The zero-order chi connectivity index (χ0) is 39.3. The molecule has 0 saturated carbocycles. The molecule has 0 aliphatic heterocycles. The molecule has 0 fully saturated rings. The SMILES string of the molecule is c1ccc(-c2nc3ccccc3n2-c2cccc3c2oc2c(-c4ccc5c(c4)c4ccc6c7ccccc7n(-c7ccccc7)c6c4n5-c4ccccc4)cccc23)cc1. The number of para-hydroxylation sites is 7. The first-order chi connectivity index (χ1) is 29.8. The summed E-state index contributed by atoms with van der Waals surface area (Å²) in [6, 6.07) is 73.5. The Kier molecular flexibility index (Phi) is 6.95. The zero-order valence-corrected chi connectivity index (χ0v) is 32.3. The minimum absolute atomic E-state index is 0.832. The van der Waals surface area contributed by atoms with Crippen molar-refractivity contribution in [3.63, 3.8) is 0 Å². The lowest BCUT2D eigenvalue weighted by Crippen LogP contribution is -1.98. The number of imidazole rings is 1. The lowest BCUT2D eigenvalue weighted by atomic mass is 10.00. The van der Waals surface area contributed by atoms with Gasteiger partial charge in [-0.05, 0) is 66.2 Å². The van der Waals surface area contributed by atoms with Gasteiger partial charge in [0.1, 0.15) is 11.4 Å². The van der Waals surface area contributed by atoms with E-state index in [-0.39, 0.29) is 0 Å². The van der Waals surface area contributed by atoms with Crippen molar-refractivity contribution in [2.24, 2.45) is 0 Å². The van der Waals surface area contributed by atoms with Crippen LogP contribution in [0.2, 0.25) is 0 Å². The molecular weight excluding hydrogens is 733 g/mol. The second kappa shape index (κ2) is 12.7. The fourth-order valence-electron chi connectivity index (χ4n) is 9.67. The molecule has 5 heteroatoms. The topological polar surface area (TPSA) is 40.8 Å². The Morgan fingerprint density at radius 1 is 0.350 bits per heavy atom. The third-order valence-corrected chi connectivity index (χ3v) is 12.2. The minimum atomic E-state index is 0.832. The summed E-state index contributed by atoms with van der Waals surface area (Å²) in [5.74, 6) is 0.880. The number of furan rings is 1. The van der Waals surface area contributed by atoms with E-state index < -0.39 is 0 Å². The number of nitrogens with zero attached hydrogens (tertiary/aromatic N) is 4. The molecular formula is C55H34N4O. The zero-order valence-electron chi connectivity index (χ0n) is 32.3. The summed E-state index contributed by atoms with van der Waals surface area (Å²) in [6.07, 6.45) is 0. The second-order valence-corrected chi connectivity index (χ2v) is 15.5. The van der Waals surface area contributed by atoms with Crippen LogP contribution in [-0.4, -0.2) is 18.7 Å². The molecule has 0 radical (unpaired) electrons. The molecule has 5 nitrogen and oxygen atoms in total. The van der Waals surface area contributed by atoms with Gasteiger partial charge in [-0.25, -0.2) is 4.98 Å². The van der Waals surface area contributed by atoms with Crippen molar-refractivity contribution >= 4 is 76.6 Å². The third-order valence-electron chi connectivity index (χ3n) is 12.2. The van der Waals surface area contributed by atoms with Gasteiger partial charge in [-0.2, -0.15) is 0 Å². The normalized spacial score (nSPS) is 12.0. The van der Waals surface area contributed by atoms with Crippen molar-refractivity contribution in [1.29, 1.82) is 0 Å². The number of benzene rings is 9. The van der Waals surface area contributed by atoms with Crippen LogP contribution in [0.1, 0.15) is 0 Å². The van der Waals surface area contributed by atoms with E-state index in [1.54, 1.807) is 0 Å². The summed E-state index contributed by atoms with van der Waals surface area (Å²) in [7, 11) is 0. The van der Waals surface area contributed by atoms with E-state index in [2.05, 4.69) is 208 Å². The van der Waals surface area contributed by atoms with Gasteiger partial charge in [-0.1, -0.05) is 146 Å². The number of aromatic nitrogens is 4. The van der Waals surface area contributed by atoms with E-state index in [1.807, 2.05) is 12.1 Å². The molecule has 0 saturated heterocycles. The van der Waals surface area contributed by atoms with Crippen LogP contribution < -0.4 is 0 Å². The molecule has 0 atom stereocenters. The highest BCUT2D eigenvalue weighted by Gasteiger charge is 2.24. The number of fused-ring (bicyclic) bond motifs is 11. The fraction of sp³-hybridized carbons (Fsp3) is 0. The molecule has 13 aromatic rings. The smallest absolute Gasteiger partial charge is 0.159 e. The van der Waals surface area contributed by atoms with Gasteiger partial charge in [-0.15, -0.1) is 0 Å². The van der Waals surface area contributed by atoms with E-state index >= 15 is 0 Å². The first-order valence-electron chi connectivity index (χ1n) is 20.4. The maximum Gasteiger partial charge on any atom is 0.159 e. The van der Waals surface area contributed by atoms with Gasteiger partial charge in [0.05, 0.1) is 38.8 Å². The molecule has 0 amide bonds. The van der Waals surface area contributed by atoms with Crippen molar-refractivity contribution in [1.82, 2.24) is 18.7 Å². The van der Waals surface area contributed by atoms with Gasteiger partial charge >= 0.3 is 0 Å². The van der Waals surface area contributed by atoms with Crippen LogP contribution in [0, 0.1) is 0 Å². The first-order valence-corrected chi connectivity index (χ1v) is 20.4. The van der Waals surface area contributed by atoms with E-state index in [4.69, 9.17) is 9.40 Å². The molecule has 0 N–H and O–H groups in total. The summed E-state index contributed by atoms with van der Waals surface area (Å²) < 4.78 is 14.2. The summed E-state index contributed by atoms with van der Waals surface area (Å²) in [5.41, 5.74) is 14.8. The molecule has 0 unspecified atom stereocenters. The predicted molar refractivity (Wildman–Crippen MR) is 248 cm³/mol. The Balaban J connectivity index is 1.08. The van der Waals surface area contributed by atoms with Crippen LogP contribution in [0.25, 0.3) is 116 Å².